The number of carbonyl (C=O) groups is 2. The summed E-state index contributed by atoms with van der Waals surface area (Å²) < 4.78 is 9.99. The van der Waals surface area contributed by atoms with Crippen molar-refractivity contribution >= 4 is 23.6 Å². The summed E-state index contributed by atoms with van der Waals surface area (Å²) in [6.07, 6.45) is 1.23. The van der Waals surface area contributed by atoms with Crippen LogP contribution in [0.1, 0.15) is 23.0 Å². The number of pyridine rings is 1. The topological polar surface area (TPSA) is 101 Å². The number of ether oxygens (including phenoxy) is 1. The number of aryl methyl sites for hydroxylation is 1. The maximum absolute atomic E-state index is 12.7. The van der Waals surface area contributed by atoms with Gasteiger partial charge in [0.25, 0.3) is 5.91 Å². The normalized spacial score (nSPS) is 14.2. The van der Waals surface area contributed by atoms with Crippen LogP contribution in [0, 0.1) is 6.92 Å². The van der Waals surface area contributed by atoms with Gasteiger partial charge in [-0.1, -0.05) is 5.16 Å². The molecule has 0 spiro atoms. The minimum atomic E-state index is -0.335. The number of hydrogen-bond donors (Lipinski definition) is 1. The molecular formula is C17H21N5O4. The third-order valence-corrected chi connectivity index (χ3v) is 3.98. The highest BCUT2D eigenvalue weighted by Gasteiger charge is 2.25. The zero-order chi connectivity index (χ0) is 18.5. The summed E-state index contributed by atoms with van der Waals surface area (Å²) in [5, 5.41) is 6.85. The Balaban J connectivity index is 1.61. The average Bonchev–Trinajstić information content (AvgIpc) is 3.06. The molecule has 0 unspecified atom stereocenters. The molecule has 2 aromatic rings. The summed E-state index contributed by atoms with van der Waals surface area (Å²) in [4.78, 5) is 32.0. The number of nitrogens with one attached hydrogen (secondary N) is 1. The summed E-state index contributed by atoms with van der Waals surface area (Å²) >= 11 is 0. The van der Waals surface area contributed by atoms with Crippen LogP contribution in [0.3, 0.4) is 0 Å². The van der Waals surface area contributed by atoms with E-state index < -0.39 is 0 Å². The molecule has 0 bridgehead atoms. The summed E-state index contributed by atoms with van der Waals surface area (Å²) in [6.45, 7) is 5.75. The number of aromatic nitrogens is 2. The zero-order valence-corrected chi connectivity index (χ0v) is 14.8. The summed E-state index contributed by atoms with van der Waals surface area (Å²) in [6, 6.07) is 5.08. The number of hydrogen-bond acceptors (Lipinski definition) is 7. The van der Waals surface area contributed by atoms with E-state index in [9.17, 15) is 9.59 Å². The smallest absolute Gasteiger partial charge is 0.409 e. The summed E-state index contributed by atoms with van der Waals surface area (Å²) in [7, 11) is 0. The van der Waals surface area contributed by atoms with E-state index >= 15 is 0 Å². The van der Waals surface area contributed by atoms with Gasteiger partial charge in [0.15, 0.2) is 5.82 Å². The van der Waals surface area contributed by atoms with Crippen molar-refractivity contribution in [3.63, 3.8) is 0 Å². The molecule has 3 rings (SSSR count). The molecule has 26 heavy (non-hydrogen) atoms. The van der Waals surface area contributed by atoms with Crippen LogP contribution in [0.2, 0.25) is 0 Å². The standard InChI is InChI=1S/C17H21N5O4/c1-3-25-17(24)22-8-6-21(7-9-22)16(23)13-4-5-18-14(11-13)19-15-10-12(2)26-20-15/h4-5,10-11H,3,6-9H2,1-2H3,(H,18,19,20). The first-order valence-electron chi connectivity index (χ1n) is 8.44. The molecule has 9 heteroatoms. The Hall–Kier alpha value is -3.10. The lowest BCUT2D eigenvalue weighted by atomic mass is 10.2. The second-order valence-corrected chi connectivity index (χ2v) is 5.86. The molecule has 0 aromatic carbocycles. The third-order valence-electron chi connectivity index (χ3n) is 3.98. The van der Waals surface area contributed by atoms with Gasteiger partial charge in [0, 0.05) is 44.0 Å². The van der Waals surface area contributed by atoms with Crippen LogP contribution >= 0.6 is 0 Å². The molecule has 0 radical (unpaired) electrons. The Kier molecular flexibility index (Phi) is 5.35. The van der Waals surface area contributed by atoms with Crippen LogP contribution in [-0.2, 0) is 4.74 Å². The average molecular weight is 359 g/mol. The first-order chi connectivity index (χ1) is 12.6. The van der Waals surface area contributed by atoms with Crippen molar-refractivity contribution in [3.05, 3.63) is 35.7 Å². The van der Waals surface area contributed by atoms with Crippen molar-refractivity contribution in [2.75, 3.05) is 38.1 Å². The van der Waals surface area contributed by atoms with Gasteiger partial charge in [-0.25, -0.2) is 9.78 Å². The number of rotatable bonds is 4. The lowest BCUT2D eigenvalue weighted by molar-refractivity contribution is 0.0570. The van der Waals surface area contributed by atoms with Gasteiger partial charge in [-0.05, 0) is 26.0 Å². The van der Waals surface area contributed by atoms with Crippen molar-refractivity contribution in [2.24, 2.45) is 0 Å². The molecule has 1 aliphatic rings. The zero-order valence-electron chi connectivity index (χ0n) is 14.8. The van der Waals surface area contributed by atoms with Crippen LogP contribution in [0.4, 0.5) is 16.4 Å². The molecular weight excluding hydrogens is 338 g/mol. The highest BCUT2D eigenvalue weighted by atomic mass is 16.6. The molecule has 0 aliphatic carbocycles. The van der Waals surface area contributed by atoms with E-state index in [0.29, 0.717) is 55.7 Å². The molecule has 138 valence electrons. The van der Waals surface area contributed by atoms with Crippen LogP contribution in [0.5, 0.6) is 0 Å². The molecule has 1 aliphatic heterocycles. The molecule has 9 nitrogen and oxygen atoms in total. The molecule has 2 aromatic heterocycles. The first-order valence-corrected chi connectivity index (χ1v) is 8.44. The van der Waals surface area contributed by atoms with Gasteiger partial charge in [0.2, 0.25) is 0 Å². The number of carbonyl (C=O) groups excluding carboxylic acids is 2. The SMILES string of the molecule is CCOC(=O)N1CCN(C(=O)c2ccnc(Nc3cc(C)on3)c2)CC1. The predicted octanol–water partition coefficient (Wildman–Crippen LogP) is 2.04. The van der Waals surface area contributed by atoms with Gasteiger partial charge < -0.3 is 24.4 Å². The third kappa shape index (κ3) is 4.11. The van der Waals surface area contributed by atoms with E-state index in [4.69, 9.17) is 9.26 Å². The second-order valence-electron chi connectivity index (χ2n) is 5.86. The van der Waals surface area contributed by atoms with Gasteiger partial charge in [-0.15, -0.1) is 0 Å². The van der Waals surface area contributed by atoms with Crippen molar-refractivity contribution in [1.29, 1.82) is 0 Å². The van der Waals surface area contributed by atoms with Gasteiger partial charge in [-0.2, -0.15) is 0 Å². The van der Waals surface area contributed by atoms with Gasteiger partial charge in [-0.3, -0.25) is 4.79 Å². The monoisotopic (exact) mass is 359 g/mol. The van der Waals surface area contributed by atoms with Gasteiger partial charge >= 0.3 is 6.09 Å². The molecule has 1 N–H and O–H groups in total. The highest BCUT2D eigenvalue weighted by molar-refractivity contribution is 5.95. The van der Waals surface area contributed by atoms with Crippen LogP contribution in [0.25, 0.3) is 0 Å². The number of nitrogens with zero attached hydrogens (tertiary/aromatic N) is 4. The first kappa shape index (κ1) is 17.7. The van der Waals surface area contributed by atoms with Crippen molar-refractivity contribution < 1.29 is 18.8 Å². The van der Waals surface area contributed by atoms with Gasteiger partial charge in [0.1, 0.15) is 11.6 Å². The maximum Gasteiger partial charge on any atom is 0.409 e. The fourth-order valence-electron chi connectivity index (χ4n) is 2.68. The Morgan fingerprint density at radius 3 is 2.58 bits per heavy atom. The largest absolute Gasteiger partial charge is 0.450 e. The predicted molar refractivity (Wildman–Crippen MR) is 93.3 cm³/mol. The van der Waals surface area contributed by atoms with E-state index in [-0.39, 0.29) is 12.0 Å². The fraction of sp³-hybridized carbons (Fsp3) is 0.412. The fourth-order valence-corrected chi connectivity index (χ4v) is 2.68. The second kappa shape index (κ2) is 7.85. The lowest BCUT2D eigenvalue weighted by Crippen LogP contribution is -2.50. The van der Waals surface area contributed by atoms with Crippen molar-refractivity contribution in [1.82, 2.24) is 19.9 Å². The van der Waals surface area contributed by atoms with Crippen LogP contribution in [-0.4, -0.2) is 64.7 Å². The van der Waals surface area contributed by atoms with E-state index in [2.05, 4.69) is 15.5 Å². The summed E-state index contributed by atoms with van der Waals surface area (Å²) in [5.41, 5.74) is 0.521. The Morgan fingerprint density at radius 1 is 1.19 bits per heavy atom. The highest BCUT2D eigenvalue weighted by Crippen LogP contribution is 2.17. The number of piperazine rings is 1. The molecule has 2 amide bonds. The van der Waals surface area contributed by atoms with Crippen LogP contribution < -0.4 is 5.32 Å². The van der Waals surface area contributed by atoms with E-state index in [1.54, 1.807) is 48.0 Å². The molecule has 1 saturated heterocycles. The van der Waals surface area contributed by atoms with Crippen molar-refractivity contribution in [3.8, 4) is 0 Å². The Labute approximate surface area is 150 Å². The van der Waals surface area contributed by atoms with Gasteiger partial charge in [0.05, 0.1) is 6.61 Å². The minimum absolute atomic E-state index is 0.102. The molecule has 3 heterocycles. The molecule has 0 atom stereocenters. The van der Waals surface area contributed by atoms with Crippen LogP contribution in [0.15, 0.2) is 28.9 Å². The van der Waals surface area contributed by atoms with E-state index in [0.717, 1.165) is 0 Å². The van der Waals surface area contributed by atoms with E-state index in [1.165, 1.54) is 0 Å². The Morgan fingerprint density at radius 2 is 1.92 bits per heavy atom. The lowest BCUT2D eigenvalue weighted by Gasteiger charge is -2.34. The minimum Gasteiger partial charge on any atom is -0.450 e. The van der Waals surface area contributed by atoms with E-state index in [1.807, 2.05) is 0 Å². The molecule has 0 saturated carbocycles. The number of amides is 2. The Bertz CT molecular complexity index is 783. The summed E-state index contributed by atoms with van der Waals surface area (Å²) in [5.74, 6) is 1.62. The quantitative estimate of drug-likeness (QED) is 0.891. The van der Waals surface area contributed by atoms with Crippen molar-refractivity contribution in [2.45, 2.75) is 13.8 Å². The maximum atomic E-state index is 12.7. The number of anilines is 2. The molecule has 1 fully saturated rings.